The van der Waals surface area contributed by atoms with Crippen LogP contribution in [0.25, 0.3) is 0 Å². The van der Waals surface area contributed by atoms with Crippen LogP contribution in [-0.2, 0) is 19.6 Å². The lowest BCUT2D eigenvalue weighted by Crippen LogP contribution is -2.42. The van der Waals surface area contributed by atoms with E-state index in [-0.39, 0.29) is 23.5 Å². The Morgan fingerprint density at radius 3 is 2.20 bits per heavy atom. The maximum atomic E-state index is 12.2. The number of nitrogens with one attached hydrogen (secondary N) is 2. The van der Waals surface area contributed by atoms with E-state index in [2.05, 4.69) is 10.0 Å². The molecule has 1 aromatic carbocycles. The first-order valence-corrected chi connectivity index (χ1v) is 9.16. The Bertz CT molecular complexity index is 707. The van der Waals surface area contributed by atoms with Crippen LogP contribution in [0.5, 0.6) is 0 Å². The van der Waals surface area contributed by atoms with Crippen LogP contribution in [0.4, 0.5) is 0 Å². The molecular formula is C16H24N2O6S. The van der Waals surface area contributed by atoms with Crippen molar-refractivity contribution in [3.05, 3.63) is 29.8 Å². The van der Waals surface area contributed by atoms with Crippen LogP contribution in [0.2, 0.25) is 0 Å². The van der Waals surface area contributed by atoms with Gasteiger partial charge in [0, 0.05) is 18.6 Å². The van der Waals surface area contributed by atoms with E-state index in [1.165, 1.54) is 31.3 Å². The Kier molecular flexibility index (Phi) is 7.09. The first kappa shape index (κ1) is 21.1. The number of carboxylic acids is 1. The van der Waals surface area contributed by atoms with Crippen molar-refractivity contribution in [2.75, 3.05) is 13.7 Å². The minimum absolute atomic E-state index is 0.0138. The van der Waals surface area contributed by atoms with Gasteiger partial charge in [0.05, 0.1) is 10.5 Å². The molecule has 0 saturated heterocycles. The van der Waals surface area contributed by atoms with Gasteiger partial charge in [-0.1, -0.05) is 0 Å². The molecule has 1 amide bonds. The van der Waals surface area contributed by atoms with Crippen LogP contribution >= 0.6 is 0 Å². The molecule has 0 aliphatic heterocycles. The van der Waals surface area contributed by atoms with Crippen LogP contribution in [0.3, 0.4) is 0 Å². The maximum absolute atomic E-state index is 12.2. The molecule has 0 heterocycles. The summed E-state index contributed by atoms with van der Waals surface area (Å²) in [6, 6.07) is 4.10. The smallest absolute Gasteiger partial charge is 0.326 e. The molecular weight excluding hydrogens is 348 g/mol. The zero-order chi connectivity index (χ0) is 19.3. The highest BCUT2D eigenvalue weighted by atomic mass is 32.2. The average Bonchev–Trinajstić information content (AvgIpc) is 2.52. The fourth-order valence-electron chi connectivity index (χ4n) is 1.89. The SMILES string of the molecule is CNS(=O)(=O)c1ccc(C(=O)NC(CCOC(C)(C)C)C(=O)O)cc1. The number of benzene rings is 1. The molecule has 1 unspecified atom stereocenters. The van der Waals surface area contributed by atoms with Gasteiger partial charge in [0.15, 0.2) is 0 Å². The summed E-state index contributed by atoms with van der Waals surface area (Å²) >= 11 is 0. The molecule has 0 fully saturated rings. The largest absolute Gasteiger partial charge is 0.480 e. The summed E-state index contributed by atoms with van der Waals surface area (Å²) in [6.45, 7) is 5.73. The third-order valence-electron chi connectivity index (χ3n) is 3.24. The molecule has 25 heavy (non-hydrogen) atoms. The number of hydrogen-bond donors (Lipinski definition) is 3. The second-order valence-corrected chi connectivity index (χ2v) is 8.23. The lowest BCUT2D eigenvalue weighted by Gasteiger charge is -2.21. The fraction of sp³-hybridized carbons (Fsp3) is 0.500. The van der Waals surface area contributed by atoms with Gasteiger partial charge in [-0.25, -0.2) is 17.9 Å². The number of amides is 1. The molecule has 0 saturated carbocycles. The van der Waals surface area contributed by atoms with Crippen LogP contribution < -0.4 is 10.0 Å². The van der Waals surface area contributed by atoms with Crippen LogP contribution in [-0.4, -0.2) is 50.7 Å². The third-order valence-corrected chi connectivity index (χ3v) is 4.67. The molecule has 0 spiro atoms. The van der Waals surface area contributed by atoms with Crippen LogP contribution in [0.1, 0.15) is 37.6 Å². The predicted octanol–water partition coefficient (Wildman–Crippen LogP) is 0.983. The summed E-state index contributed by atoms with van der Waals surface area (Å²) in [5, 5.41) is 11.6. The Morgan fingerprint density at radius 1 is 1.20 bits per heavy atom. The van der Waals surface area contributed by atoms with Gasteiger partial charge in [0.2, 0.25) is 10.0 Å². The lowest BCUT2D eigenvalue weighted by atomic mass is 10.1. The van der Waals surface area contributed by atoms with Gasteiger partial charge in [0.1, 0.15) is 6.04 Å². The molecule has 0 aromatic heterocycles. The van der Waals surface area contributed by atoms with Gasteiger partial charge in [-0.2, -0.15) is 0 Å². The van der Waals surface area contributed by atoms with Crippen molar-refractivity contribution in [3.8, 4) is 0 Å². The number of hydrogen-bond acceptors (Lipinski definition) is 5. The third kappa shape index (κ3) is 6.81. The van der Waals surface area contributed by atoms with Crippen LogP contribution in [0, 0.1) is 0 Å². The Hall–Kier alpha value is -1.97. The molecule has 0 aliphatic carbocycles. The average molecular weight is 372 g/mol. The van der Waals surface area contributed by atoms with E-state index in [4.69, 9.17) is 4.74 Å². The summed E-state index contributed by atoms with van der Waals surface area (Å²) in [5.74, 6) is -1.77. The number of carbonyl (C=O) groups excluding carboxylic acids is 1. The second kappa shape index (κ2) is 8.41. The molecule has 0 radical (unpaired) electrons. The zero-order valence-corrected chi connectivity index (χ0v) is 15.5. The van der Waals surface area contributed by atoms with E-state index in [1.54, 1.807) is 0 Å². The van der Waals surface area contributed by atoms with Crippen molar-refractivity contribution in [1.29, 1.82) is 0 Å². The van der Waals surface area contributed by atoms with Crippen molar-refractivity contribution < 1.29 is 27.9 Å². The van der Waals surface area contributed by atoms with Gasteiger partial charge >= 0.3 is 5.97 Å². The number of ether oxygens (including phenoxy) is 1. The number of carboxylic acid groups (broad SMARTS) is 1. The van der Waals surface area contributed by atoms with Gasteiger partial charge in [-0.15, -0.1) is 0 Å². The topological polar surface area (TPSA) is 122 Å². The molecule has 1 rings (SSSR count). The number of sulfonamides is 1. The normalized spacial score (nSPS) is 13.3. The minimum Gasteiger partial charge on any atom is -0.480 e. The predicted molar refractivity (Wildman–Crippen MR) is 91.9 cm³/mol. The Labute approximate surface area is 147 Å². The molecule has 1 aromatic rings. The maximum Gasteiger partial charge on any atom is 0.326 e. The summed E-state index contributed by atoms with van der Waals surface area (Å²) in [7, 11) is -2.31. The number of aliphatic carboxylic acids is 1. The van der Waals surface area contributed by atoms with Crippen LogP contribution in [0.15, 0.2) is 29.2 Å². The summed E-state index contributed by atoms with van der Waals surface area (Å²) in [6.07, 6.45) is 0.116. The quantitative estimate of drug-likeness (QED) is 0.625. The number of carbonyl (C=O) groups is 2. The van der Waals surface area contributed by atoms with Gasteiger partial charge in [-0.3, -0.25) is 4.79 Å². The standard InChI is InChI=1S/C16H24N2O6S/c1-16(2,3)24-10-9-13(15(20)21)18-14(19)11-5-7-12(8-6-11)25(22,23)17-4/h5-8,13,17H,9-10H2,1-4H3,(H,18,19)(H,20,21). The van der Waals surface area contributed by atoms with Gasteiger partial charge < -0.3 is 15.2 Å². The van der Waals surface area contributed by atoms with E-state index in [1.807, 2.05) is 20.8 Å². The van der Waals surface area contributed by atoms with E-state index in [0.29, 0.717) is 0 Å². The summed E-state index contributed by atoms with van der Waals surface area (Å²) < 4.78 is 30.9. The monoisotopic (exact) mass is 372 g/mol. The first-order valence-electron chi connectivity index (χ1n) is 7.67. The molecule has 0 bridgehead atoms. The van der Waals surface area contributed by atoms with Gasteiger partial charge in [0.25, 0.3) is 5.91 Å². The first-order chi connectivity index (χ1) is 11.5. The molecule has 8 nitrogen and oxygen atoms in total. The highest BCUT2D eigenvalue weighted by Crippen LogP contribution is 2.11. The molecule has 3 N–H and O–H groups in total. The molecule has 140 valence electrons. The summed E-state index contributed by atoms with van der Waals surface area (Å²) in [4.78, 5) is 23.5. The van der Waals surface area contributed by atoms with Gasteiger partial charge in [-0.05, 0) is 52.1 Å². The van der Waals surface area contributed by atoms with E-state index in [9.17, 15) is 23.1 Å². The Morgan fingerprint density at radius 2 is 1.76 bits per heavy atom. The van der Waals surface area contributed by atoms with E-state index >= 15 is 0 Å². The lowest BCUT2D eigenvalue weighted by molar-refractivity contribution is -0.140. The van der Waals surface area contributed by atoms with E-state index < -0.39 is 33.5 Å². The van der Waals surface area contributed by atoms with Crippen molar-refractivity contribution in [2.24, 2.45) is 0 Å². The molecule has 9 heteroatoms. The van der Waals surface area contributed by atoms with Crippen molar-refractivity contribution in [2.45, 2.75) is 43.7 Å². The molecule has 0 aliphatic rings. The highest BCUT2D eigenvalue weighted by Gasteiger charge is 2.22. The van der Waals surface area contributed by atoms with Crippen molar-refractivity contribution >= 4 is 21.9 Å². The highest BCUT2D eigenvalue weighted by molar-refractivity contribution is 7.89. The zero-order valence-electron chi connectivity index (χ0n) is 14.7. The fourth-order valence-corrected chi connectivity index (χ4v) is 2.62. The second-order valence-electron chi connectivity index (χ2n) is 6.35. The van der Waals surface area contributed by atoms with E-state index in [0.717, 1.165) is 0 Å². The molecule has 1 atom stereocenters. The van der Waals surface area contributed by atoms with Crippen molar-refractivity contribution in [3.63, 3.8) is 0 Å². The summed E-state index contributed by atoms with van der Waals surface area (Å²) in [5.41, 5.74) is -0.236. The Balaban J connectivity index is 2.76. The minimum atomic E-state index is -3.60. The number of rotatable bonds is 8. The van der Waals surface area contributed by atoms with Crippen molar-refractivity contribution in [1.82, 2.24) is 10.0 Å².